The standard InChI is InChI=1S/C21H19BrClN3O5/c1-28-16-5-11-14(6-17(16)31-18-8-30-19-15(27)7-29-20(18)19)24-9-25-21(11)26-10-2-3-12(22)13(23)4-10/h2-6,9,15,18-20,27H,7-8H2,1H3,(H,24,25,26)/t15-,18?,19+,20+/m1/s1. The molecule has 162 valence electrons. The lowest BCUT2D eigenvalue weighted by atomic mass is 10.1. The van der Waals surface area contributed by atoms with Crippen LogP contribution in [0.2, 0.25) is 5.02 Å². The topological polar surface area (TPSA) is 95.0 Å². The fourth-order valence-corrected chi connectivity index (χ4v) is 4.26. The van der Waals surface area contributed by atoms with Crippen molar-refractivity contribution in [1.82, 2.24) is 9.97 Å². The molecule has 0 radical (unpaired) electrons. The lowest BCUT2D eigenvalue weighted by Gasteiger charge is -2.20. The number of nitrogens with zero attached hydrogens (tertiary/aromatic N) is 2. The number of aliphatic hydroxyl groups is 1. The Hall–Kier alpha value is -2.17. The van der Waals surface area contributed by atoms with Gasteiger partial charge in [0, 0.05) is 21.6 Å². The van der Waals surface area contributed by atoms with Crippen molar-refractivity contribution in [3.8, 4) is 11.5 Å². The molecule has 2 aromatic carbocycles. The molecule has 5 rings (SSSR count). The van der Waals surface area contributed by atoms with Gasteiger partial charge in [0.1, 0.15) is 30.5 Å². The number of rotatable bonds is 5. The molecule has 3 heterocycles. The van der Waals surface area contributed by atoms with Gasteiger partial charge < -0.3 is 29.4 Å². The van der Waals surface area contributed by atoms with Gasteiger partial charge >= 0.3 is 0 Å². The summed E-state index contributed by atoms with van der Waals surface area (Å²) in [6.45, 7) is 0.570. The number of fused-ring (bicyclic) bond motifs is 2. The van der Waals surface area contributed by atoms with E-state index in [0.717, 1.165) is 15.5 Å². The molecular weight excluding hydrogens is 490 g/mol. The Bertz CT molecular complexity index is 1130. The van der Waals surface area contributed by atoms with Crippen LogP contribution in [0.1, 0.15) is 0 Å². The summed E-state index contributed by atoms with van der Waals surface area (Å²) in [7, 11) is 1.57. The highest BCUT2D eigenvalue weighted by Crippen LogP contribution is 2.38. The maximum Gasteiger partial charge on any atom is 0.164 e. The molecule has 0 saturated carbocycles. The molecule has 2 saturated heterocycles. The number of halogens is 2. The Balaban J connectivity index is 1.45. The van der Waals surface area contributed by atoms with Gasteiger partial charge in [0.05, 0.1) is 30.9 Å². The van der Waals surface area contributed by atoms with E-state index in [4.69, 9.17) is 30.5 Å². The minimum Gasteiger partial charge on any atom is -0.493 e. The lowest BCUT2D eigenvalue weighted by molar-refractivity contribution is 0.00823. The minimum absolute atomic E-state index is 0.242. The fraction of sp³-hybridized carbons (Fsp3) is 0.333. The summed E-state index contributed by atoms with van der Waals surface area (Å²) in [6.07, 6.45) is -0.192. The summed E-state index contributed by atoms with van der Waals surface area (Å²) in [4.78, 5) is 8.75. The van der Waals surface area contributed by atoms with E-state index in [0.29, 0.717) is 34.5 Å². The Morgan fingerprint density at radius 1 is 1.13 bits per heavy atom. The summed E-state index contributed by atoms with van der Waals surface area (Å²) in [5.41, 5.74) is 1.47. The van der Waals surface area contributed by atoms with Crippen LogP contribution in [0.25, 0.3) is 10.9 Å². The van der Waals surface area contributed by atoms with Gasteiger partial charge in [0.25, 0.3) is 0 Å². The number of anilines is 2. The van der Waals surface area contributed by atoms with E-state index in [1.165, 1.54) is 6.33 Å². The zero-order valence-corrected chi connectivity index (χ0v) is 18.8. The van der Waals surface area contributed by atoms with Gasteiger partial charge in [0.15, 0.2) is 17.6 Å². The highest BCUT2D eigenvalue weighted by molar-refractivity contribution is 9.10. The Kier molecular flexibility index (Phi) is 5.61. The van der Waals surface area contributed by atoms with Gasteiger partial charge in [0.2, 0.25) is 0 Å². The first-order valence-electron chi connectivity index (χ1n) is 9.66. The first kappa shape index (κ1) is 20.7. The zero-order chi connectivity index (χ0) is 21.5. The molecule has 2 N–H and O–H groups in total. The van der Waals surface area contributed by atoms with E-state index in [-0.39, 0.29) is 24.9 Å². The normalized spacial score (nSPS) is 24.9. The number of benzene rings is 2. The number of methoxy groups -OCH3 is 1. The maximum atomic E-state index is 9.94. The van der Waals surface area contributed by atoms with Crippen LogP contribution in [0, 0.1) is 0 Å². The van der Waals surface area contributed by atoms with Gasteiger partial charge in [-0.25, -0.2) is 9.97 Å². The second kappa shape index (κ2) is 8.40. The van der Waals surface area contributed by atoms with Crippen LogP contribution in [0.4, 0.5) is 11.5 Å². The maximum absolute atomic E-state index is 9.94. The van der Waals surface area contributed by atoms with Crippen LogP contribution in [0.5, 0.6) is 11.5 Å². The smallest absolute Gasteiger partial charge is 0.164 e. The van der Waals surface area contributed by atoms with Crippen molar-refractivity contribution in [2.75, 3.05) is 25.6 Å². The summed E-state index contributed by atoms with van der Waals surface area (Å²) in [6, 6.07) is 9.19. The lowest BCUT2D eigenvalue weighted by Crippen LogP contribution is -2.34. The van der Waals surface area contributed by atoms with E-state index in [2.05, 4.69) is 31.2 Å². The first-order chi connectivity index (χ1) is 15.0. The fourth-order valence-electron chi connectivity index (χ4n) is 3.83. The molecule has 0 aliphatic carbocycles. The quantitative estimate of drug-likeness (QED) is 0.539. The van der Waals surface area contributed by atoms with Gasteiger partial charge in [-0.3, -0.25) is 0 Å². The Labute approximate surface area is 191 Å². The van der Waals surface area contributed by atoms with E-state index in [9.17, 15) is 5.11 Å². The number of hydrogen-bond donors (Lipinski definition) is 2. The SMILES string of the molecule is COc1cc2c(Nc3ccc(Br)c(Cl)c3)ncnc2cc1OC1CO[C@H]2[C@H](O)CO[C@@H]12. The van der Waals surface area contributed by atoms with Crippen LogP contribution < -0.4 is 14.8 Å². The molecular formula is C21H19BrClN3O5. The highest BCUT2D eigenvalue weighted by atomic mass is 79.9. The average Bonchev–Trinajstić information content (AvgIpc) is 3.34. The van der Waals surface area contributed by atoms with Crippen molar-refractivity contribution in [2.45, 2.75) is 24.4 Å². The van der Waals surface area contributed by atoms with Crippen molar-refractivity contribution < 1.29 is 24.1 Å². The second-order valence-electron chi connectivity index (χ2n) is 7.32. The minimum atomic E-state index is -0.634. The van der Waals surface area contributed by atoms with Gasteiger partial charge in [-0.1, -0.05) is 11.6 Å². The molecule has 31 heavy (non-hydrogen) atoms. The molecule has 2 aliphatic heterocycles. The van der Waals surface area contributed by atoms with Crippen LogP contribution in [-0.2, 0) is 9.47 Å². The molecule has 8 nitrogen and oxygen atoms in total. The molecule has 2 fully saturated rings. The van der Waals surface area contributed by atoms with E-state index in [1.807, 2.05) is 18.2 Å². The number of hydrogen-bond acceptors (Lipinski definition) is 8. The van der Waals surface area contributed by atoms with Crippen LogP contribution in [0.3, 0.4) is 0 Å². The van der Waals surface area contributed by atoms with Gasteiger partial charge in [-0.05, 0) is 40.2 Å². The number of nitrogens with one attached hydrogen (secondary N) is 1. The van der Waals surface area contributed by atoms with Crippen LogP contribution in [0.15, 0.2) is 41.1 Å². The van der Waals surface area contributed by atoms with Gasteiger partial charge in [-0.2, -0.15) is 0 Å². The summed E-state index contributed by atoms with van der Waals surface area (Å²) >= 11 is 9.59. The third-order valence-corrected chi connectivity index (χ3v) is 6.60. The van der Waals surface area contributed by atoms with Crippen LogP contribution in [-0.4, -0.2) is 59.8 Å². The number of ether oxygens (including phenoxy) is 4. The predicted molar refractivity (Wildman–Crippen MR) is 118 cm³/mol. The third kappa shape index (κ3) is 3.92. The molecule has 1 unspecified atom stereocenters. The molecule has 1 aromatic heterocycles. The van der Waals surface area contributed by atoms with Crippen molar-refractivity contribution in [2.24, 2.45) is 0 Å². The summed E-state index contributed by atoms with van der Waals surface area (Å²) < 4.78 is 23.8. The Morgan fingerprint density at radius 3 is 2.77 bits per heavy atom. The van der Waals surface area contributed by atoms with Crippen molar-refractivity contribution in [3.63, 3.8) is 0 Å². The summed E-state index contributed by atoms with van der Waals surface area (Å²) in [5, 5.41) is 14.6. The molecule has 2 aliphatic rings. The van der Waals surface area contributed by atoms with Crippen molar-refractivity contribution >= 4 is 49.9 Å². The van der Waals surface area contributed by atoms with Crippen LogP contribution >= 0.6 is 27.5 Å². The average molecular weight is 509 g/mol. The van der Waals surface area contributed by atoms with E-state index in [1.54, 1.807) is 19.2 Å². The predicted octanol–water partition coefficient (Wildman–Crippen LogP) is 3.70. The first-order valence-corrected chi connectivity index (χ1v) is 10.8. The van der Waals surface area contributed by atoms with E-state index >= 15 is 0 Å². The second-order valence-corrected chi connectivity index (χ2v) is 8.58. The molecule has 0 amide bonds. The zero-order valence-electron chi connectivity index (χ0n) is 16.4. The van der Waals surface area contributed by atoms with E-state index < -0.39 is 6.10 Å². The van der Waals surface area contributed by atoms with Crippen molar-refractivity contribution in [1.29, 1.82) is 0 Å². The molecule has 10 heteroatoms. The molecule has 0 spiro atoms. The highest BCUT2D eigenvalue weighted by Gasteiger charge is 2.48. The molecule has 3 aromatic rings. The Morgan fingerprint density at radius 2 is 1.97 bits per heavy atom. The van der Waals surface area contributed by atoms with Crippen molar-refractivity contribution in [3.05, 3.63) is 46.2 Å². The van der Waals surface area contributed by atoms with Gasteiger partial charge in [-0.15, -0.1) is 0 Å². The largest absolute Gasteiger partial charge is 0.493 e. The summed E-state index contributed by atoms with van der Waals surface area (Å²) in [5.74, 6) is 1.66. The molecule has 4 atom stereocenters. The monoisotopic (exact) mass is 507 g/mol. The molecule has 0 bridgehead atoms. The number of aliphatic hydroxyl groups excluding tert-OH is 1. The number of aromatic nitrogens is 2. The third-order valence-electron chi connectivity index (χ3n) is 5.36.